The van der Waals surface area contributed by atoms with E-state index in [1.807, 2.05) is 0 Å². The predicted molar refractivity (Wildman–Crippen MR) is 131 cm³/mol. The number of carbonyl (C=O) groups excluding carboxylic acids is 1. The van der Waals surface area contributed by atoms with Gasteiger partial charge >= 0.3 is 0 Å². The van der Waals surface area contributed by atoms with Crippen LogP contribution in [0.15, 0.2) is 76.1 Å². The van der Waals surface area contributed by atoms with E-state index >= 15 is 0 Å². The van der Waals surface area contributed by atoms with Gasteiger partial charge in [-0.3, -0.25) is 4.79 Å². The summed E-state index contributed by atoms with van der Waals surface area (Å²) in [6.45, 7) is 1.22. The number of rotatable bonds is 8. The zero-order valence-corrected chi connectivity index (χ0v) is 21.3. The number of nitrogens with one attached hydrogen (secondary N) is 1. The van der Waals surface area contributed by atoms with E-state index in [0.717, 1.165) is 8.78 Å². The van der Waals surface area contributed by atoms with Gasteiger partial charge in [-0.25, -0.2) is 12.8 Å². The molecule has 0 aliphatic rings. The van der Waals surface area contributed by atoms with Gasteiger partial charge in [0, 0.05) is 11.0 Å². The Hall–Kier alpha value is -1.97. The largest absolute Gasteiger partial charge is 0.348 e. The van der Waals surface area contributed by atoms with Crippen molar-refractivity contribution in [3.63, 3.8) is 0 Å². The second kappa shape index (κ2) is 11.0. The molecule has 1 N–H and O–H groups in total. The summed E-state index contributed by atoms with van der Waals surface area (Å²) in [6, 6.07) is 16.2. The van der Waals surface area contributed by atoms with Crippen molar-refractivity contribution in [2.45, 2.75) is 24.4 Å². The highest BCUT2D eigenvalue weighted by atomic mass is 79.9. The van der Waals surface area contributed by atoms with Gasteiger partial charge in [0.05, 0.1) is 27.5 Å². The van der Waals surface area contributed by atoms with E-state index < -0.39 is 28.5 Å². The van der Waals surface area contributed by atoms with Crippen LogP contribution in [0.4, 0.5) is 4.39 Å². The van der Waals surface area contributed by atoms with Gasteiger partial charge in [0.1, 0.15) is 5.82 Å². The molecule has 0 heterocycles. The van der Waals surface area contributed by atoms with Crippen LogP contribution in [-0.2, 0) is 21.4 Å². The molecular weight excluding hydrogens is 554 g/mol. The summed E-state index contributed by atoms with van der Waals surface area (Å²) in [5.74, 6) is -0.891. The van der Waals surface area contributed by atoms with Crippen LogP contribution in [0.3, 0.4) is 0 Å². The Bertz CT molecular complexity index is 1240. The third-order valence-corrected chi connectivity index (χ3v) is 7.94. The average molecular weight is 574 g/mol. The summed E-state index contributed by atoms with van der Waals surface area (Å²) in [4.78, 5) is 12.8. The highest BCUT2D eigenvalue weighted by Crippen LogP contribution is 2.26. The van der Waals surface area contributed by atoms with Crippen LogP contribution in [0, 0.1) is 5.82 Å². The third-order valence-electron chi connectivity index (χ3n) is 4.86. The second-order valence-corrected chi connectivity index (χ2v) is 11.0. The van der Waals surface area contributed by atoms with Crippen molar-refractivity contribution >= 4 is 55.1 Å². The average Bonchev–Trinajstić information content (AvgIpc) is 2.76. The molecule has 0 aliphatic heterocycles. The van der Waals surface area contributed by atoms with E-state index in [0.29, 0.717) is 16.1 Å². The van der Waals surface area contributed by atoms with E-state index in [4.69, 9.17) is 23.2 Å². The highest BCUT2D eigenvalue weighted by molar-refractivity contribution is 9.10. The maximum absolute atomic E-state index is 13.4. The Morgan fingerprint density at radius 1 is 1.03 bits per heavy atom. The van der Waals surface area contributed by atoms with Gasteiger partial charge in [0.2, 0.25) is 15.9 Å². The molecule has 33 heavy (non-hydrogen) atoms. The molecule has 1 atom stereocenters. The number of benzene rings is 3. The van der Waals surface area contributed by atoms with Crippen molar-refractivity contribution in [3.8, 4) is 0 Å². The number of sulfonamides is 1. The minimum atomic E-state index is -4.01. The first kappa shape index (κ1) is 25.6. The summed E-state index contributed by atoms with van der Waals surface area (Å²) in [5.41, 5.74) is 1.26. The maximum atomic E-state index is 13.4. The lowest BCUT2D eigenvalue weighted by molar-refractivity contribution is -0.122. The van der Waals surface area contributed by atoms with E-state index in [2.05, 4.69) is 21.2 Å². The first-order chi connectivity index (χ1) is 15.6. The Kier molecular flexibility index (Phi) is 8.53. The number of carbonyl (C=O) groups is 1. The standard InChI is InChI=1S/C23H20BrCl2FN2O3S/c1-15(17-3-7-19(27)8-4-17)28-23(30)14-29(13-16-2-11-21(25)22(26)12-16)33(31,32)20-9-5-18(24)6-10-20/h2-12,15H,13-14H2,1H3,(H,28,30)/t15-/m0/s1. The fourth-order valence-electron chi connectivity index (χ4n) is 3.11. The molecule has 0 aliphatic carbocycles. The minimum Gasteiger partial charge on any atom is -0.348 e. The van der Waals surface area contributed by atoms with Crippen molar-refractivity contribution in [2.24, 2.45) is 0 Å². The van der Waals surface area contributed by atoms with Crippen LogP contribution in [0.1, 0.15) is 24.1 Å². The molecule has 174 valence electrons. The Morgan fingerprint density at radius 2 is 1.67 bits per heavy atom. The van der Waals surface area contributed by atoms with Crippen LogP contribution in [0.25, 0.3) is 0 Å². The molecule has 3 aromatic rings. The lowest BCUT2D eigenvalue weighted by atomic mass is 10.1. The SMILES string of the molecule is C[C@H](NC(=O)CN(Cc1ccc(Cl)c(Cl)c1)S(=O)(=O)c1ccc(Br)cc1)c1ccc(F)cc1. The molecule has 0 unspecified atom stereocenters. The molecule has 0 aromatic heterocycles. The zero-order valence-electron chi connectivity index (χ0n) is 17.4. The van der Waals surface area contributed by atoms with Crippen molar-refractivity contribution < 1.29 is 17.6 Å². The Balaban J connectivity index is 1.85. The monoisotopic (exact) mass is 572 g/mol. The first-order valence-corrected chi connectivity index (χ1v) is 12.8. The van der Waals surface area contributed by atoms with Gasteiger partial charge in [-0.2, -0.15) is 4.31 Å². The predicted octanol–water partition coefficient (Wildman–Crippen LogP) is 5.96. The van der Waals surface area contributed by atoms with Gasteiger partial charge in [0.25, 0.3) is 0 Å². The zero-order chi connectivity index (χ0) is 24.2. The summed E-state index contributed by atoms with van der Waals surface area (Å²) < 4.78 is 41.7. The number of nitrogens with zero attached hydrogens (tertiary/aromatic N) is 1. The second-order valence-electron chi connectivity index (χ2n) is 7.32. The van der Waals surface area contributed by atoms with E-state index in [9.17, 15) is 17.6 Å². The molecule has 5 nitrogen and oxygen atoms in total. The van der Waals surface area contributed by atoms with Gasteiger partial charge in [-0.15, -0.1) is 0 Å². The third kappa shape index (κ3) is 6.77. The van der Waals surface area contributed by atoms with Crippen molar-refractivity contribution in [3.05, 3.63) is 98.2 Å². The lowest BCUT2D eigenvalue weighted by Gasteiger charge is -2.23. The maximum Gasteiger partial charge on any atom is 0.243 e. The van der Waals surface area contributed by atoms with E-state index in [1.54, 1.807) is 49.4 Å². The fourth-order valence-corrected chi connectivity index (χ4v) is 5.07. The molecule has 0 radical (unpaired) electrons. The summed E-state index contributed by atoms with van der Waals surface area (Å²) in [7, 11) is -4.01. The molecule has 0 saturated carbocycles. The van der Waals surface area contributed by atoms with Crippen molar-refractivity contribution in [2.75, 3.05) is 6.54 Å². The van der Waals surface area contributed by atoms with Gasteiger partial charge < -0.3 is 5.32 Å². The molecule has 3 rings (SSSR count). The molecular formula is C23H20BrCl2FN2O3S. The van der Waals surface area contributed by atoms with Gasteiger partial charge in [-0.1, -0.05) is 57.3 Å². The number of amides is 1. The lowest BCUT2D eigenvalue weighted by Crippen LogP contribution is -2.41. The topological polar surface area (TPSA) is 66.5 Å². The molecule has 0 fully saturated rings. The van der Waals surface area contributed by atoms with E-state index in [1.165, 1.54) is 24.3 Å². The Labute approximate surface area is 210 Å². The molecule has 3 aromatic carbocycles. The summed E-state index contributed by atoms with van der Waals surface area (Å²) in [5, 5.41) is 3.39. The van der Waals surface area contributed by atoms with Crippen LogP contribution >= 0.6 is 39.1 Å². The van der Waals surface area contributed by atoms with Crippen molar-refractivity contribution in [1.82, 2.24) is 9.62 Å². The van der Waals surface area contributed by atoms with Crippen LogP contribution in [0.2, 0.25) is 10.0 Å². The number of hydrogen-bond acceptors (Lipinski definition) is 3. The first-order valence-electron chi connectivity index (χ1n) is 9.81. The van der Waals surface area contributed by atoms with Crippen LogP contribution in [-0.4, -0.2) is 25.2 Å². The minimum absolute atomic E-state index is 0.0464. The molecule has 1 amide bonds. The van der Waals surface area contributed by atoms with Gasteiger partial charge in [-0.05, 0) is 66.6 Å². The normalized spacial score (nSPS) is 12.5. The van der Waals surface area contributed by atoms with Crippen molar-refractivity contribution in [1.29, 1.82) is 0 Å². The van der Waals surface area contributed by atoms with Crippen LogP contribution < -0.4 is 5.32 Å². The van der Waals surface area contributed by atoms with Crippen LogP contribution in [0.5, 0.6) is 0 Å². The quantitative estimate of drug-likeness (QED) is 0.361. The number of halogens is 4. The Morgan fingerprint density at radius 3 is 2.27 bits per heavy atom. The van der Waals surface area contributed by atoms with Gasteiger partial charge in [0.15, 0.2) is 0 Å². The summed E-state index contributed by atoms with van der Waals surface area (Å²) >= 11 is 15.3. The number of hydrogen-bond donors (Lipinski definition) is 1. The molecule has 0 saturated heterocycles. The molecule has 0 bridgehead atoms. The summed E-state index contributed by atoms with van der Waals surface area (Å²) in [6.07, 6.45) is 0. The van der Waals surface area contributed by atoms with E-state index in [-0.39, 0.29) is 22.3 Å². The highest BCUT2D eigenvalue weighted by Gasteiger charge is 2.27. The smallest absolute Gasteiger partial charge is 0.243 e. The molecule has 10 heteroatoms. The molecule has 0 spiro atoms. The fraction of sp³-hybridized carbons (Fsp3) is 0.174.